The third kappa shape index (κ3) is 4.93. The number of aliphatic hydroxyl groups excluding tert-OH is 3. The summed E-state index contributed by atoms with van der Waals surface area (Å²) < 4.78 is 27.2. The number of phenolic OH excluding ortho intramolecular Hbond substituents is 1. The molecule has 11 heteroatoms. The third-order valence-corrected chi connectivity index (χ3v) is 5.53. The van der Waals surface area contributed by atoms with Gasteiger partial charge in [-0.05, 0) is 12.1 Å². The molecule has 0 unspecified atom stereocenters. The van der Waals surface area contributed by atoms with E-state index in [-0.39, 0.29) is 40.6 Å². The molecule has 1 aromatic heterocycles. The molecule has 3 aromatic rings. The van der Waals surface area contributed by atoms with E-state index in [9.17, 15) is 30.0 Å². The van der Waals surface area contributed by atoms with Crippen LogP contribution in [0, 0.1) is 0 Å². The van der Waals surface area contributed by atoms with E-state index in [0.29, 0.717) is 5.56 Å². The van der Waals surface area contributed by atoms with Crippen LogP contribution in [0.2, 0.25) is 0 Å². The molecule has 0 saturated carbocycles. The first-order valence-corrected chi connectivity index (χ1v) is 10.6. The van der Waals surface area contributed by atoms with Gasteiger partial charge in [0.2, 0.25) is 6.29 Å². The molecule has 1 aliphatic rings. The molecule has 2 aromatic carbocycles. The summed E-state index contributed by atoms with van der Waals surface area (Å²) in [4.78, 5) is 23.9. The highest BCUT2D eigenvalue weighted by Gasteiger charge is 2.45. The number of methoxy groups -OCH3 is 1. The van der Waals surface area contributed by atoms with E-state index in [4.69, 9.17) is 23.4 Å². The molecule has 1 saturated heterocycles. The molecule has 4 N–H and O–H groups in total. The number of benzene rings is 2. The van der Waals surface area contributed by atoms with Gasteiger partial charge in [-0.2, -0.15) is 0 Å². The van der Waals surface area contributed by atoms with Crippen LogP contribution in [-0.4, -0.2) is 70.8 Å². The lowest BCUT2D eigenvalue weighted by Gasteiger charge is -2.40. The summed E-state index contributed by atoms with van der Waals surface area (Å²) in [7, 11) is 1.40. The Labute approximate surface area is 198 Å². The lowest BCUT2D eigenvalue weighted by Crippen LogP contribution is -2.60. The second-order valence-corrected chi connectivity index (χ2v) is 7.93. The monoisotopic (exact) mass is 488 g/mol. The topological polar surface area (TPSA) is 165 Å². The maximum Gasteiger partial charge on any atom is 0.302 e. The average molecular weight is 488 g/mol. The molecule has 1 fully saturated rings. The summed E-state index contributed by atoms with van der Waals surface area (Å²) in [5.41, 5.74) is -0.125. The van der Waals surface area contributed by atoms with E-state index >= 15 is 0 Å². The van der Waals surface area contributed by atoms with Gasteiger partial charge in [-0.1, -0.05) is 12.1 Å². The van der Waals surface area contributed by atoms with Crippen molar-refractivity contribution >= 4 is 16.9 Å². The lowest BCUT2D eigenvalue weighted by atomic mass is 9.99. The molecular formula is C24H24O11. The van der Waals surface area contributed by atoms with Gasteiger partial charge >= 0.3 is 5.97 Å². The van der Waals surface area contributed by atoms with E-state index in [1.165, 1.54) is 38.3 Å². The molecule has 35 heavy (non-hydrogen) atoms. The zero-order valence-corrected chi connectivity index (χ0v) is 18.8. The quantitative estimate of drug-likeness (QED) is 0.365. The second kappa shape index (κ2) is 9.92. The number of para-hydroxylation sites is 1. The van der Waals surface area contributed by atoms with Crippen molar-refractivity contribution in [2.75, 3.05) is 13.7 Å². The predicted octanol–water partition coefficient (Wildman–Crippen LogP) is 0.924. The Morgan fingerprint density at radius 1 is 1.06 bits per heavy atom. The van der Waals surface area contributed by atoms with Crippen molar-refractivity contribution in [2.45, 2.75) is 37.6 Å². The Kier molecular flexibility index (Phi) is 6.94. The first-order chi connectivity index (χ1) is 16.7. The van der Waals surface area contributed by atoms with Crippen LogP contribution in [0.25, 0.3) is 22.3 Å². The second-order valence-electron chi connectivity index (χ2n) is 7.93. The first-order valence-electron chi connectivity index (χ1n) is 10.6. The molecule has 0 radical (unpaired) electrons. The zero-order chi connectivity index (χ0) is 25.3. The highest BCUT2D eigenvalue weighted by Crippen LogP contribution is 2.35. The lowest BCUT2D eigenvalue weighted by molar-refractivity contribution is -0.278. The summed E-state index contributed by atoms with van der Waals surface area (Å²) in [6, 6.07) is 10.3. The van der Waals surface area contributed by atoms with Crippen LogP contribution < -0.4 is 14.9 Å². The first kappa shape index (κ1) is 24.5. The highest BCUT2D eigenvalue weighted by atomic mass is 16.7. The number of phenols is 1. The van der Waals surface area contributed by atoms with Gasteiger partial charge in [0, 0.05) is 25.1 Å². The molecule has 2 heterocycles. The van der Waals surface area contributed by atoms with Gasteiger partial charge in [-0.15, -0.1) is 0 Å². The van der Waals surface area contributed by atoms with Gasteiger partial charge in [0.25, 0.3) is 0 Å². The number of carbonyl (C=O) groups is 1. The SMILES string of the molecule is COc1cc(O)c2c(=O)cc(-c3ccccc3O[C@@H]3O[C@H](COC(C)=O)[C@@H](O)[C@H](O)[C@H]3O)oc2c1. The minimum atomic E-state index is -1.64. The van der Waals surface area contributed by atoms with Crippen molar-refractivity contribution in [1.82, 2.24) is 0 Å². The summed E-state index contributed by atoms with van der Waals surface area (Å²) in [5.74, 6) is -0.411. The smallest absolute Gasteiger partial charge is 0.302 e. The van der Waals surface area contributed by atoms with E-state index in [1.807, 2.05) is 0 Å². The van der Waals surface area contributed by atoms with Crippen LogP contribution in [0.15, 0.2) is 51.7 Å². The molecule has 0 aliphatic carbocycles. The van der Waals surface area contributed by atoms with Crippen LogP contribution in [0.5, 0.6) is 17.2 Å². The number of hydrogen-bond donors (Lipinski definition) is 4. The Morgan fingerprint density at radius 2 is 1.80 bits per heavy atom. The standard InChI is InChI=1S/C24H24O11/c1-11(25)32-10-19-21(28)22(29)23(30)24(35-19)34-16-6-4-3-5-13(16)17-9-15(27)20-14(26)7-12(31-2)8-18(20)33-17/h3-9,19,21-24,26,28-30H,10H2,1-2H3/t19-,21-,22+,23-,24-/m1/s1. The van der Waals surface area contributed by atoms with Gasteiger partial charge in [0.1, 0.15) is 65.0 Å². The fourth-order valence-corrected chi connectivity index (χ4v) is 3.74. The summed E-state index contributed by atoms with van der Waals surface area (Å²) in [6.45, 7) is 0.810. The molecule has 0 amide bonds. The average Bonchev–Trinajstić information content (AvgIpc) is 2.83. The van der Waals surface area contributed by atoms with Crippen molar-refractivity contribution < 1.29 is 48.6 Å². The maximum absolute atomic E-state index is 12.7. The number of rotatable bonds is 6. The molecular weight excluding hydrogens is 464 g/mol. The third-order valence-electron chi connectivity index (χ3n) is 5.53. The summed E-state index contributed by atoms with van der Waals surface area (Å²) in [5, 5.41) is 41.0. The Balaban J connectivity index is 1.69. The van der Waals surface area contributed by atoms with Crippen LogP contribution in [0.1, 0.15) is 6.92 Å². The van der Waals surface area contributed by atoms with Crippen LogP contribution >= 0.6 is 0 Å². The molecule has 4 rings (SSSR count). The van der Waals surface area contributed by atoms with Crippen molar-refractivity contribution in [1.29, 1.82) is 0 Å². The highest BCUT2D eigenvalue weighted by molar-refractivity contribution is 5.86. The number of ether oxygens (including phenoxy) is 4. The minimum absolute atomic E-state index is 0.0237. The number of aliphatic hydroxyl groups is 3. The maximum atomic E-state index is 12.7. The number of aromatic hydroxyl groups is 1. The van der Waals surface area contributed by atoms with E-state index in [2.05, 4.69) is 0 Å². The minimum Gasteiger partial charge on any atom is -0.507 e. The Morgan fingerprint density at radius 3 is 2.51 bits per heavy atom. The zero-order valence-electron chi connectivity index (χ0n) is 18.8. The van der Waals surface area contributed by atoms with Crippen LogP contribution in [0.4, 0.5) is 0 Å². The molecule has 0 bridgehead atoms. The van der Waals surface area contributed by atoms with Gasteiger partial charge < -0.3 is 43.8 Å². The molecule has 186 valence electrons. The summed E-state index contributed by atoms with van der Waals surface area (Å²) >= 11 is 0. The van der Waals surface area contributed by atoms with Crippen LogP contribution in [0.3, 0.4) is 0 Å². The largest absolute Gasteiger partial charge is 0.507 e. The number of esters is 1. The molecule has 1 aliphatic heterocycles. The summed E-state index contributed by atoms with van der Waals surface area (Å²) in [6.07, 6.45) is -7.43. The van der Waals surface area contributed by atoms with E-state index < -0.39 is 42.1 Å². The Hall–Kier alpha value is -3.64. The van der Waals surface area contributed by atoms with E-state index in [1.54, 1.807) is 18.2 Å². The fourth-order valence-electron chi connectivity index (χ4n) is 3.74. The van der Waals surface area contributed by atoms with Crippen molar-refractivity contribution in [3.8, 4) is 28.6 Å². The van der Waals surface area contributed by atoms with Gasteiger partial charge in [0.15, 0.2) is 5.43 Å². The van der Waals surface area contributed by atoms with Crippen molar-refractivity contribution in [3.05, 3.63) is 52.7 Å². The molecule has 11 nitrogen and oxygen atoms in total. The van der Waals surface area contributed by atoms with Gasteiger partial charge in [-0.25, -0.2) is 0 Å². The predicted molar refractivity (Wildman–Crippen MR) is 120 cm³/mol. The number of fused-ring (bicyclic) bond motifs is 1. The van der Waals surface area contributed by atoms with Crippen molar-refractivity contribution in [2.24, 2.45) is 0 Å². The van der Waals surface area contributed by atoms with Crippen molar-refractivity contribution in [3.63, 3.8) is 0 Å². The normalized spacial score (nSPS) is 24.2. The fraction of sp³-hybridized carbons (Fsp3) is 0.333. The number of hydrogen-bond acceptors (Lipinski definition) is 11. The molecule has 0 spiro atoms. The van der Waals surface area contributed by atoms with Gasteiger partial charge in [-0.3, -0.25) is 9.59 Å². The van der Waals surface area contributed by atoms with Gasteiger partial charge in [0.05, 0.1) is 12.7 Å². The molecule has 5 atom stereocenters. The Bertz CT molecular complexity index is 1280. The van der Waals surface area contributed by atoms with E-state index in [0.717, 1.165) is 0 Å². The van der Waals surface area contributed by atoms with Crippen LogP contribution in [-0.2, 0) is 14.3 Å². The number of carbonyl (C=O) groups excluding carboxylic acids is 1.